The third kappa shape index (κ3) is 6.00. The fraction of sp³-hybridized carbons (Fsp3) is 0.917. The van der Waals surface area contributed by atoms with Crippen LogP contribution in [0.25, 0.3) is 0 Å². The van der Waals surface area contributed by atoms with E-state index in [0.29, 0.717) is 6.61 Å². The maximum Gasteiger partial charge on any atom is 0.248 e. The molecule has 0 aromatic carbocycles. The lowest BCUT2D eigenvalue weighted by atomic mass is 10.3. The first-order chi connectivity index (χ1) is 8.24. The van der Waals surface area contributed by atoms with Gasteiger partial charge in [-0.2, -0.15) is 0 Å². The lowest BCUT2D eigenvalue weighted by Crippen LogP contribution is -2.46. The Morgan fingerprint density at radius 1 is 1.41 bits per heavy atom. The number of nitrogens with zero attached hydrogens (tertiary/aromatic N) is 2. The molecule has 1 N–H and O–H groups in total. The van der Waals surface area contributed by atoms with Crippen molar-refractivity contribution in [2.75, 3.05) is 59.5 Å². The molecule has 0 aliphatic carbocycles. The van der Waals surface area contributed by atoms with Crippen molar-refractivity contribution < 1.29 is 9.53 Å². The van der Waals surface area contributed by atoms with E-state index < -0.39 is 0 Å². The van der Waals surface area contributed by atoms with Crippen molar-refractivity contribution >= 4 is 5.91 Å². The summed E-state index contributed by atoms with van der Waals surface area (Å²) in [5.74, 6) is 0.0774. The van der Waals surface area contributed by atoms with Crippen LogP contribution in [-0.2, 0) is 9.53 Å². The summed E-state index contributed by atoms with van der Waals surface area (Å²) >= 11 is 0. The number of likely N-dealkylation sites (N-methyl/N-ethyl adjacent to an activating group) is 1. The van der Waals surface area contributed by atoms with Gasteiger partial charge in [-0.1, -0.05) is 6.92 Å². The molecule has 100 valence electrons. The normalized spacial score (nSPS) is 17.1. The second-order valence-corrected chi connectivity index (χ2v) is 4.46. The maximum atomic E-state index is 11.7. The van der Waals surface area contributed by atoms with Crippen LogP contribution in [0.3, 0.4) is 0 Å². The number of ether oxygens (including phenoxy) is 1. The smallest absolute Gasteiger partial charge is 0.248 e. The van der Waals surface area contributed by atoms with Gasteiger partial charge in [-0.25, -0.2) is 0 Å². The van der Waals surface area contributed by atoms with Gasteiger partial charge in [-0.3, -0.25) is 9.69 Å². The summed E-state index contributed by atoms with van der Waals surface area (Å²) in [5.41, 5.74) is 0. The Bertz CT molecular complexity index is 218. The average Bonchev–Trinajstić information content (AvgIpc) is 2.37. The molecule has 1 aliphatic rings. The summed E-state index contributed by atoms with van der Waals surface area (Å²) in [7, 11) is 1.85. The highest BCUT2D eigenvalue weighted by Crippen LogP contribution is 1.94. The zero-order chi connectivity index (χ0) is 12.5. The van der Waals surface area contributed by atoms with Crippen LogP contribution in [0.15, 0.2) is 0 Å². The van der Waals surface area contributed by atoms with Gasteiger partial charge >= 0.3 is 0 Å². The van der Waals surface area contributed by atoms with E-state index in [4.69, 9.17) is 4.74 Å². The molecule has 0 unspecified atom stereocenters. The minimum atomic E-state index is 0.0774. The minimum Gasteiger partial charge on any atom is -0.372 e. The first-order valence-corrected chi connectivity index (χ1v) is 6.48. The van der Waals surface area contributed by atoms with Crippen molar-refractivity contribution in [2.45, 2.75) is 13.3 Å². The van der Waals surface area contributed by atoms with E-state index in [1.807, 2.05) is 14.0 Å². The number of piperazine rings is 1. The highest BCUT2D eigenvalue weighted by molar-refractivity contribution is 5.77. The third-order valence-corrected chi connectivity index (χ3v) is 2.96. The quantitative estimate of drug-likeness (QED) is 0.628. The molecule has 1 aliphatic heterocycles. The van der Waals surface area contributed by atoms with Crippen molar-refractivity contribution in [1.29, 1.82) is 0 Å². The Kier molecular flexibility index (Phi) is 7.16. The van der Waals surface area contributed by atoms with Crippen LogP contribution in [-0.4, -0.2) is 75.2 Å². The fourth-order valence-electron chi connectivity index (χ4n) is 1.76. The van der Waals surface area contributed by atoms with Crippen molar-refractivity contribution in [1.82, 2.24) is 15.1 Å². The summed E-state index contributed by atoms with van der Waals surface area (Å²) < 4.78 is 5.24. The van der Waals surface area contributed by atoms with Gasteiger partial charge in [-0.15, -0.1) is 0 Å². The number of hydrogen-bond acceptors (Lipinski definition) is 4. The SMILES string of the molecule is CCCOCC(=O)N(C)CCN1CCNCC1. The van der Waals surface area contributed by atoms with E-state index in [9.17, 15) is 4.79 Å². The molecule has 1 heterocycles. The van der Waals surface area contributed by atoms with E-state index in [1.54, 1.807) is 4.90 Å². The van der Waals surface area contributed by atoms with Crippen LogP contribution in [0, 0.1) is 0 Å². The van der Waals surface area contributed by atoms with Crippen molar-refractivity contribution in [3.8, 4) is 0 Å². The van der Waals surface area contributed by atoms with Gasteiger partial charge in [-0.05, 0) is 6.42 Å². The second-order valence-electron chi connectivity index (χ2n) is 4.46. The zero-order valence-corrected chi connectivity index (χ0v) is 11.1. The number of amides is 1. The zero-order valence-electron chi connectivity index (χ0n) is 11.1. The topological polar surface area (TPSA) is 44.8 Å². The van der Waals surface area contributed by atoms with Crippen LogP contribution in [0.2, 0.25) is 0 Å². The van der Waals surface area contributed by atoms with Crippen LogP contribution >= 0.6 is 0 Å². The molecule has 1 fully saturated rings. The predicted molar refractivity (Wildman–Crippen MR) is 68.1 cm³/mol. The molecule has 0 atom stereocenters. The Labute approximate surface area is 104 Å². The van der Waals surface area contributed by atoms with Gasteiger partial charge in [0.15, 0.2) is 0 Å². The highest BCUT2D eigenvalue weighted by Gasteiger charge is 2.12. The standard InChI is InChI=1S/C12H25N3O2/c1-3-10-17-11-12(16)14(2)8-9-15-6-4-13-5-7-15/h13H,3-11H2,1-2H3. The molecule has 1 amide bonds. The van der Waals surface area contributed by atoms with Gasteiger partial charge in [0.25, 0.3) is 0 Å². The van der Waals surface area contributed by atoms with Crippen molar-refractivity contribution in [2.24, 2.45) is 0 Å². The highest BCUT2D eigenvalue weighted by atomic mass is 16.5. The molecule has 1 rings (SSSR count). The maximum absolute atomic E-state index is 11.7. The molecule has 5 heteroatoms. The van der Waals surface area contributed by atoms with E-state index in [-0.39, 0.29) is 12.5 Å². The van der Waals surface area contributed by atoms with Crippen LogP contribution < -0.4 is 5.32 Å². The third-order valence-electron chi connectivity index (χ3n) is 2.96. The molecule has 5 nitrogen and oxygen atoms in total. The molecule has 0 spiro atoms. The summed E-state index contributed by atoms with van der Waals surface area (Å²) in [6.45, 7) is 8.92. The molecule has 0 bridgehead atoms. The van der Waals surface area contributed by atoms with Crippen LogP contribution in [0.5, 0.6) is 0 Å². The van der Waals surface area contributed by atoms with Crippen LogP contribution in [0.4, 0.5) is 0 Å². The summed E-state index contributed by atoms with van der Waals surface area (Å²) in [5, 5.41) is 3.32. The summed E-state index contributed by atoms with van der Waals surface area (Å²) in [4.78, 5) is 15.8. The van der Waals surface area contributed by atoms with Gasteiger partial charge in [0.05, 0.1) is 0 Å². The lowest BCUT2D eigenvalue weighted by molar-refractivity contribution is -0.135. The number of carbonyl (C=O) groups is 1. The largest absolute Gasteiger partial charge is 0.372 e. The second kappa shape index (κ2) is 8.44. The Morgan fingerprint density at radius 3 is 2.76 bits per heavy atom. The molecule has 0 aromatic rings. The molecule has 0 saturated carbocycles. The summed E-state index contributed by atoms with van der Waals surface area (Å²) in [6, 6.07) is 0. The van der Waals surface area contributed by atoms with Gasteiger partial charge < -0.3 is 15.0 Å². The molecule has 0 aromatic heterocycles. The van der Waals surface area contributed by atoms with E-state index >= 15 is 0 Å². The number of hydrogen-bond donors (Lipinski definition) is 1. The van der Waals surface area contributed by atoms with E-state index in [0.717, 1.165) is 45.7 Å². The average molecular weight is 243 g/mol. The van der Waals surface area contributed by atoms with Crippen molar-refractivity contribution in [3.63, 3.8) is 0 Å². The van der Waals surface area contributed by atoms with Crippen LogP contribution in [0.1, 0.15) is 13.3 Å². The molecule has 0 radical (unpaired) electrons. The Hall–Kier alpha value is -0.650. The lowest BCUT2D eigenvalue weighted by Gasteiger charge is -2.29. The summed E-state index contributed by atoms with van der Waals surface area (Å²) in [6.07, 6.45) is 0.956. The van der Waals surface area contributed by atoms with Gasteiger partial charge in [0.2, 0.25) is 5.91 Å². The minimum absolute atomic E-state index is 0.0774. The molecule has 1 saturated heterocycles. The first kappa shape index (κ1) is 14.4. The number of rotatable bonds is 7. The Balaban J connectivity index is 2.10. The van der Waals surface area contributed by atoms with Crippen molar-refractivity contribution in [3.05, 3.63) is 0 Å². The Morgan fingerprint density at radius 2 is 2.12 bits per heavy atom. The molecular weight excluding hydrogens is 218 g/mol. The first-order valence-electron chi connectivity index (χ1n) is 6.48. The number of carbonyl (C=O) groups excluding carboxylic acids is 1. The fourth-order valence-corrected chi connectivity index (χ4v) is 1.76. The molecular formula is C12H25N3O2. The number of nitrogens with one attached hydrogen (secondary N) is 1. The van der Waals surface area contributed by atoms with E-state index in [1.165, 1.54) is 0 Å². The van der Waals surface area contributed by atoms with Gasteiger partial charge in [0, 0.05) is 52.9 Å². The van der Waals surface area contributed by atoms with Gasteiger partial charge in [0.1, 0.15) is 6.61 Å². The molecule has 17 heavy (non-hydrogen) atoms. The monoisotopic (exact) mass is 243 g/mol. The van der Waals surface area contributed by atoms with E-state index in [2.05, 4.69) is 10.2 Å². The predicted octanol–water partition coefficient (Wildman–Crippen LogP) is -0.223.